The summed E-state index contributed by atoms with van der Waals surface area (Å²) < 4.78 is 23.6. The van der Waals surface area contributed by atoms with Gasteiger partial charge in [0.15, 0.2) is 0 Å². The predicted molar refractivity (Wildman–Crippen MR) is 91.5 cm³/mol. The Bertz CT molecular complexity index is 548. The van der Waals surface area contributed by atoms with Gasteiger partial charge in [-0.25, -0.2) is 0 Å². The van der Waals surface area contributed by atoms with Crippen LogP contribution in [0.5, 0.6) is 5.75 Å². The van der Waals surface area contributed by atoms with Crippen LogP contribution in [0.3, 0.4) is 0 Å². The van der Waals surface area contributed by atoms with E-state index in [0.717, 1.165) is 37.3 Å². The van der Waals surface area contributed by atoms with Gasteiger partial charge in [0.1, 0.15) is 5.75 Å². The maximum Gasteiger partial charge on any atom is 0.498 e. The largest absolute Gasteiger partial charge is 0.498 e. The molecule has 0 spiro atoms. The molecular weight excluding hydrogens is 291 g/mol. The van der Waals surface area contributed by atoms with Crippen molar-refractivity contribution >= 4 is 12.6 Å². The first-order chi connectivity index (χ1) is 10.8. The zero-order chi connectivity index (χ0) is 16.7. The lowest BCUT2D eigenvalue weighted by atomic mass is 9.76. The molecule has 3 rings (SSSR count). The van der Waals surface area contributed by atoms with Crippen molar-refractivity contribution in [2.45, 2.75) is 57.7 Å². The average molecular weight is 318 g/mol. The van der Waals surface area contributed by atoms with E-state index in [1.54, 1.807) is 7.11 Å². The first-order valence-electron chi connectivity index (χ1n) is 8.45. The molecule has 2 aliphatic heterocycles. The van der Waals surface area contributed by atoms with Gasteiger partial charge in [-0.05, 0) is 52.2 Å². The molecular formula is C18H27BO4. The van der Waals surface area contributed by atoms with Crippen molar-refractivity contribution in [2.24, 2.45) is 0 Å². The minimum atomic E-state index is -0.403. The van der Waals surface area contributed by atoms with Crippen LogP contribution in [-0.2, 0) is 14.0 Å². The van der Waals surface area contributed by atoms with E-state index in [4.69, 9.17) is 18.8 Å². The summed E-state index contributed by atoms with van der Waals surface area (Å²) in [5.74, 6) is 1.25. The molecule has 2 fully saturated rings. The van der Waals surface area contributed by atoms with Gasteiger partial charge in [-0.2, -0.15) is 0 Å². The highest BCUT2D eigenvalue weighted by Crippen LogP contribution is 2.37. The van der Waals surface area contributed by atoms with Crippen molar-refractivity contribution in [3.05, 3.63) is 23.8 Å². The Hall–Kier alpha value is -1.04. The van der Waals surface area contributed by atoms with Crippen LogP contribution in [0.4, 0.5) is 0 Å². The first kappa shape index (κ1) is 16.8. The Labute approximate surface area is 139 Å². The van der Waals surface area contributed by atoms with Crippen LogP contribution >= 0.6 is 0 Å². The average Bonchev–Trinajstić information content (AvgIpc) is 2.75. The quantitative estimate of drug-likeness (QED) is 0.803. The van der Waals surface area contributed by atoms with Gasteiger partial charge in [0.2, 0.25) is 0 Å². The van der Waals surface area contributed by atoms with Crippen molar-refractivity contribution < 1.29 is 18.8 Å². The van der Waals surface area contributed by atoms with Crippen LogP contribution in [0.2, 0.25) is 0 Å². The van der Waals surface area contributed by atoms with Crippen molar-refractivity contribution in [3.8, 4) is 5.75 Å². The van der Waals surface area contributed by atoms with Crippen LogP contribution in [-0.4, -0.2) is 38.6 Å². The second-order valence-corrected chi connectivity index (χ2v) is 7.50. The molecule has 0 amide bonds. The molecule has 2 aliphatic rings. The van der Waals surface area contributed by atoms with Crippen LogP contribution in [0.25, 0.3) is 0 Å². The van der Waals surface area contributed by atoms with Crippen molar-refractivity contribution in [2.75, 3.05) is 20.3 Å². The number of methoxy groups -OCH3 is 1. The minimum Gasteiger partial charge on any atom is -0.497 e. The fraction of sp³-hybridized carbons (Fsp3) is 0.667. The maximum absolute atomic E-state index is 6.20. The highest BCUT2D eigenvalue weighted by Gasteiger charge is 2.52. The molecule has 1 aromatic carbocycles. The Morgan fingerprint density at radius 2 is 1.83 bits per heavy atom. The van der Waals surface area contributed by atoms with Gasteiger partial charge >= 0.3 is 7.12 Å². The summed E-state index contributed by atoms with van der Waals surface area (Å²) in [6, 6.07) is 6.32. The molecule has 1 aromatic rings. The monoisotopic (exact) mass is 318 g/mol. The molecule has 0 aliphatic carbocycles. The third-order valence-electron chi connectivity index (χ3n) is 5.39. The lowest BCUT2D eigenvalue weighted by molar-refractivity contribution is 0.00578. The molecule has 4 nitrogen and oxygen atoms in total. The third-order valence-corrected chi connectivity index (χ3v) is 5.39. The Morgan fingerprint density at radius 3 is 2.39 bits per heavy atom. The second-order valence-electron chi connectivity index (χ2n) is 7.50. The molecule has 0 radical (unpaired) electrons. The summed E-state index contributed by atoms with van der Waals surface area (Å²) in [5, 5.41) is 0. The van der Waals surface area contributed by atoms with E-state index in [1.807, 2.05) is 6.07 Å². The van der Waals surface area contributed by atoms with Gasteiger partial charge in [-0.3, -0.25) is 0 Å². The molecule has 126 valence electrons. The summed E-state index contributed by atoms with van der Waals surface area (Å²) >= 11 is 0. The normalized spacial score (nSPS) is 26.3. The molecule has 2 heterocycles. The number of hydrogen-bond donors (Lipinski definition) is 0. The summed E-state index contributed by atoms with van der Waals surface area (Å²) in [5.41, 5.74) is 1.53. The van der Waals surface area contributed by atoms with E-state index in [9.17, 15) is 0 Å². The van der Waals surface area contributed by atoms with Gasteiger partial charge in [-0.1, -0.05) is 12.1 Å². The van der Waals surface area contributed by atoms with Crippen molar-refractivity contribution in [3.63, 3.8) is 0 Å². The molecule has 0 aromatic heterocycles. The first-order valence-corrected chi connectivity index (χ1v) is 8.45. The fourth-order valence-corrected chi connectivity index (χ4v) is 3.16. The molecule has 1 atom stereocenters. The highest BCUT2D eigenvalue weighted by molar-refractivity contribution is 6.63. The van der Waals surface area contributed by atoms with E-state index in [2.05, 4.69) is 39.8 Å². The van der Waals surface area contributed by atoms with Crippen molar-refractivity contribution in [1.82, 2.24) is 0 Å². The summed E-state index contributed by atoms with van der Waals surface area (Å²) in [6.07, 6.45) is 2.28. The van der Waals surface area contributed by atoms with E-state index >= 15 is 0 Å². The fourth-order valence-electron chi connectivity index (χ4n) is 3.16. The Kier molecular flexibility index (Phi) is 4.47. The zero-order valence-corrected chi connectivity index (χ0v) is 14.8. The van der Waals surface area contributed by atoms with E-state index in [0.29, 0.717) is 5.92 Å². The zero-order valence-electron chi connectivity index (χ0n) is 14.8. The van der Waals surface area contributed by atoms with Crippen LogP contribution in [0.1, 0.15) is 52.0 Å². The van der Waals surface area contributed by atoms with Gasteiger partial charge in [0, 0.05) is 18.0 Å². The van der Waals surface area contributed by atoms with Crippen LogP contribution in [0, 0.1) is 0 Å². The smallest absolute Gasteiger partial charge is 0.497 e. The van der Waals surface area contributed by atoms with E-state index in [-0.39, 0.29) is 11.2 Å². The molecule has 0 N–H and O–H groups in total. The van der Waals surface area contributed by atoms with E-state index in [1.165, 1.54) is 5.56 Å². The number of hydrogen-bond acceptors (Lipinski definition) is 4. The highest BCUT2D eigenvalue weighted by atomic mass is 16.7. The van der Waals surface area contributed by atoms with Gasteiger partial charge in [0.25, 0.3) is 0 Å². The topological polar surface area (TPSA) is 36.9 Å². The molecule has 2 saturated heterocycles. The molecule has 1 unspecified atom stereocenters. The number of benzene rings is 1. The molecule has 0 bridgehead atoms. The van der Waals surface area contributed by atoms with Crippen LogP contribution in [0.15, 0.2) is 18.2 Å². The number of rotatable bonds is 3. The lowest BCUT2D eigenvalue weighted by Crippen LogP contribution is -2.41. The Morgan fingerprint density at radius 1 is 1.13 bits per heavy atom. The van der Waals surface area contributed by atoms with Crippen LogP contribution < -0.4 is 10.2 Å². The van der Waals surface area contributed by atoms with Gasteiger partial charge in [0.05, 0.1) is 24.9 Å². The van der Waals surface area contributed by atoms with Crippen molar-refractivity contribution in [1.29, 1.82) is 0 Å². The summed E-state index contributed by atoms with van der Waals surface area (Å²) in [7, 11) is 1.28. The lowest BCUT2D eigenvalue weighted by Gasteiger charge is -2.32. The second kappa shape index (κ2) is 6.12. The predicted octanol–water partition coefficient (Wildman–Crippen LogP) is 2.89. The maximum atomic E-state index is 6.20. The summed E-state index contributed by atoms with van der Waals surface area (Å²) in [6.45, 7) is 9.93. The Balaban J connectivity index is 1.91. The van der Waals surface area contributed by atoms with Gasteiger partial charge in [-0.15, -0.1) is 0 Å². The third kappa shape index (κ3) is 3.15. The molecule has 0 saturated carbocycles. The van der Waals surface area contributed by atoms with E-state index < -0.39 is 7.12 Å². The van der Waals surface area contributed by atoms with Gasteiger partial charge < -0.3 is 18.8 Å². The number of ether oxygens (including phenoxy) is 2. The minimum absolute atomic E-state index is 0.355. The SMILES string of the molecule is COc1ccc(C2CCCOC2)cc1B1OC(C)(C)C(C)(C)O1. The standard InChI is InChI=1S/C18H27BO4/c1-17(2)18(3,4)23-19(22-17)15-11-13(8-9-16(15)20-5)14-7-6-10-21-12-14/h8-9,11,14H,6-7,10,12H2,1-5H3. The molecule has 23 heavy (non-hydrogen) atoms. The molecule has 5 heteroatoms. The summed E-state index contributed by atoms with van der Waals surface area (Å²) in [4.78, 5) is 0.